The van der Waals surface area contributed by atoms with Crippen LogP contribution in [0.25, 0.3) is 0 Å². The fraction of sp³-hybridized carbons (Fsp3) is 0.803. The Bertz CT molecular complexity index is 1460. The summed E-state index contributed by atoms with van der Waals surface area (Å²) in [6.45, 7) is 5.91. The van der Waals surface area contributed by atoms with Gasteiger partial charge in [0.2, 0.25) is 0 Å². The summed E-state index contributed by atoms with van der Waals surface area (Å²) in [4.78, 5) is 51.0. The number of hydrogen-bond acceptors (Lipinski definition) is 11. The molecule has 0 aliphatic carbocycles. The predicted molar refractivity (Wildman–Crippen MR) is 294 cm³/mol. The van der Waals surface area contributed by atoms with Crippen molar-refractivity contribution in [2.24, 2.45) is 0 Å². The minimum absolute atomic E-state index is 0.0485. The number of allylic oxidation sites excluding steroid dienone is 8. The molecule has 0 amide bonds. The average Bonchev–Trinajstić information content (AvgIpc) is 3.37. The zero-order valence-corrected chi connectivity index (χ0v) is 46.4. The lowest BCUT2D eigenvalue weighted by molar-refractivity contribution is -0.301. The molecule has 1 saturated heterocycles. The Morgan fingerprint density at radius 1 is 0.452 bits per heavy atom. The molecule has 1 rings (SSSR count). The van der Waals surface area contributed by atoms with Gasteiger partial charge in [0.15, 0.2) is 24.6 Å². The highest BCUT2D eigenvalue weighted by atomic mass is 16.7. The molecule has 6 atom stereocenters. The van der Waals surface area contributed by atoms with Crippen LogP contribution < -0.4 is 0 Å². The summed E-state index contributed by atoms with van der Waals surface area (Å²) in [5.74, 6) is -3.14. The fourth-order valence-corrected chi connectivity index (χ4v) is 8.73. The molecule has 0 radical (unpaired) electrons. The highest BCUT2D eigenvalue weighted by molar-refractivity contribution is 5.74. The van der Waals surface area contributed by atoms with Crippen LogP contribution in [0.15, 0.2) is 48.6 Å². The monoisotopic (exact) mass is 1030 g/mol. The molecule has 1 fully saturated rings. The van der Waals surface area contributed by atoms with Gasteiger partial charge >= 0.3 is 23.9 Å². The molecule has 0 aromatic rings. The van der Waals surface area contributed by atoms with Crippen molar-refractivity contribution in [1.82, 2.24) is 0 Å². The fourth-order valence-electron chi connectivity index (χ4n) is 8.73. The minimum Gasteiger partial charge on any atom is -0.479 e. The van der Waals surface area contributed by atoms with Gasteiger partial charge in [0.05, 0.1) is 6.61 Å². The van der Waals surface area contributed by atoms with E-state index in [9.17, 15) is 34.5 Å². The molecule has 0 bridgehead atoms. The van der Waals surface area contributed by atoms with Crippen molar-refractivity contribution in [2.45, 2.75) is 302 Å². The molecule has 1 aliphatic heterocycles. The number of unbranched alkanes of at least 4 members (excludes halogenated alkanes) is 28. The van der Waals surface area contributed by atoms with Crippen molar-refractivity contribution in [3.8, 4) is 0 Å². The van der Waals surface area contributed by atoms with Crippen molar-refractivity contribution >= 4 is 23.9 Å². The first-order chi connectivity index (χ1) is 35.6. The Balaban J connectivity index is 2.69. The maximum absolute atomic E-state index is 13.1. The molecule has 12 heteroatoms. The van der Waals surface area contributed by atoms with E-state index in [1.807, 2.05) is 0 Å². The van der Waals surface area contributed by atoms with Gasteiger partial charge in [-0.15, -0.1) is 0 Å². The van der Waals surface area contributed by atoms with Crippen LogP contribution in [0, 0.1) is 0 Å². The largest absolute Gasteiger partial charge is 0.479 e. The van der Waals surface area contributed by atoms with Crippen LogP contribution in [0.1, 0.15) is 265 Å². The Morgan fingerprint density at radius 3 is 1.32 bits per heavy atom. The maximum atomic E-state index is 13.1. The van der Waals surface area contributed by atoms with Crippen molar-refractivity contribution in [2.75, 3.05) is 13.2 Å². The first kappa shape index (κ1) is 67.7. The number of aliphatic hydroxyl groups excluding tert-OH is 2. The van der Waals surface area contributed by atoms with E-state index in [1.165, 1.54) is 96.3 Å². The van der Waals surface area contributed by atoms with Crippen molar-refractivity contribution in [3.63, 3.8) is 0 Å². The first-order valence-electron chi connectivity index (χ1n) is 29.6. The number of aliphatic hydroxyl groups is 2. The summed E-state index contributed by atoms with van der Waals surface area (Å²) < 4.78 is 28.4. The average molecular weight is 1030 g/mol. The van der Waals surface area contributed by atoms with Gasteiger partial charge in [0, 0.05) is 19.3 Å². The molecular weight excluding hydrogens is 925 g/mol. The normalized spacial score (nSPS) is 18.6. The van der Waals surface area contributed by atoms with Gasteiger partial charge in [-0.25, -0.2) is 4.79 Å². The molecule has 1 aliphatic rings. The molecule has 6 unspecified atom stereocenters. The minimum atomic E-state index is -1.91. The van der Waals surface area contributed by atoms with Gasteiger partial charge in [-0.05, 0) is 96.3 Å². The van der Waals surface area contributed by atoms with Crippen LogP contribution in [0.5, 0.6) is 0 Å². The highest BCUT2D eigenvalue weighted by Gasteiger charge is 2.50. The van der Waals surface area contributed by atoms with Crippen molar-refractivity contribution in [1.29, 1.82) is 0 Å². The van der Waals surface area contributed by atoms with Crippen LogP contribution in [0.4, 0.5) is 0 Å². The van der Waals surface area contributed by atoms with Crippen LogP contribution in [-0.2, 0) is 42.9 Å². The third-order valence-electron chi connectivity index (χ3n) is 13.3. The van der Waals surface area contributed by atoms with E-state index in [2.05, 4.69) is 69.4 Å². The molecule has 73 heavy (non-hydrogen) atoms. The molecule has 0 saturated carbocycles. The van der Waals surface area contributed by atoms with Gasteiger partial charge in [0.1, 0.15) is 18.8 Å². The van der Waals surface area contributed by atoms with E-state index in [4.69, 9.17) is 23.7 Å². The Hall–Kier alpha value is -3.32. The lowest BCUT2D eigenvalue weighted by Gasteiger charge is -2.40. The highest BCUT2D eigenvalue weighted by Crippen LogP contribution is 2.26. The smallest absolute Gasteiger partial charge is 0.335 e. The second kappa shape index (κ2) is 49.6. The second-order valence-corrected chi connectivity index (χ2v) is 20.3. The van der Waals surface area contributed by atoms with Crippen molar-refractivity contribution in [3.05, 3.63) is 48.6 Å². The lowest BCUT2D eigenvalue weighted by atomic mass is 9.98. The second-order valence-electron chi connectivity index (χ2n) is 20.3. The van der Waals surface area contributed by atoms with E-state index < -0.39 is 67.3 Å². The number of hydrogen-bond donors (Lipinski definition) is 3. The van der Waals surface area contributed by atoms with Crippen LogP contribution in [0.2, 0.25) is 0 Å². The van der Waals surface area contributed by atoms with E-state index in [1.54, 1.807) is 0 Å². The molecule has 0 spiro atoms. The molecule has 3 N–H and O–H groups in total. The van der Waals surface area contributed by atoms with Crippen LogP contribution >= 0.6 is 0 Å². The van der Waals surface area contributed by atoms with E-state index >= 15 is 0 Å². The summed E-state index contributed by atoms with van der Waals surface area (Å²) in [7, 11) is 0. The van der Waals surface area contributed by atoms with Crippen LogP contribution in [0.3, 0.4) is 0 Å². The standard InChI is InChI=1S/C61H106O12/c1-4-7-10-13-16-19-22-24-26-27-29-30-33-35-38-41-44-47-53(62)69-50-52(71-54(63)48-45-42-39-37-34-31-28-25-23-20-17-14-11-8-5-2)51-70-61-59(57(66)56(65)58(73-61)60(67)68)72-55(64)49-46-43-40-36-32-21-18-15-12-9-6-3/h15,17-18,20,24-26,28,52,56-59,61,65-66H,4-14,16,19,21-23,27,29-51H2,1-3H3,(H,67,68)/b18-15-,20-17-,26-24-,28-25-. The van der Waals surface area contributed by atoms with E-state index in [-0.39, 0.29) is 25.9 Å². The number of carbonyl (C=O) groups excluding carboxylic acids is 3. The number of ether oxygens (including phenoxy) is 5. The third kappa shape index (κ3) is 39.7. The van der Waals surface area contributed by atoms with Gasteiger partial charge < -0.3 is 39.0 Å². The molecule has 1 heterocycles. The summed E-state index contributed by atoms with van der Waals surface area (Å²) >= 11 is 0. The van der Waals surface area contributed by atoms with Crippen molar-refractivity contribution < 1.29 is 58.2 Å². The molecule has 0 aromatic heterocycles. The zero-order valence-electron chi connectivity index (χ0n) is 46.4. The first-order valence-corrected chi connectivity index (χ1v) is 29.6. The SMILES string of the molecule is CCCC/C=C\CCCCCCCC(=O)OC1C(OCC(COC(=O)CCCCCCCCC/C=C\CCCCCCCC)OC(=O)CCCCCCC/C=C\C/C=C\CCCCC)OC(C(=O)O)C(O)C1O. The summed E-state index contributed by atoms with van der Waals surface area (Å²) in [6.07, 6.45) is 46.6. The Morgan fingerprint density at radius 2 is 0.836 bits per heavy atom. The summed E-state index contributed by atoms with van der Waals surface area (Å²) in [6, 6.07) is 0. The zero-order chi connectivity index (χ0) is 53.3. The molecule has 422 valence electrons. The Labute approximate surface area is 443 Å². The molecule has 0 aromatic carbocycles. The lowest BCUT2D eigenvalue weighted by Crippen LogP contribution is -2.61. The topological polar surface area (TPSA) is 175 Å². The molecule has 12 nitrogen and oxygen atoms in total. The number of carboxylic acid groups (broad SMARTS) is 1. The maximum Gasteiger partial charge on any atom is 0.335 e. The quantitative estimate of drug-likeness (QED) is 0.0228. The van der Waals surface area contributed by atoms with Gasteiger partial charge in [-0.2, -0.15) is 0 Å². The summed E-state index contributed by atoms with van der Waals surface area (Å²) in [5.41, 5.74) is 0. The van der Waals surface area contributed by atoms with Gasteiger partial charge in [0.25, 0.3) is 0 Å². The van der Waals surface area contributed by atoms with Crippen LogP contribution in [-0.4, -0.2) is 89.2 Å². The predicted octanol–water partition coefficient (Wildman–Crippen LogP) is 15.0. The number of carboxylic acids is 1. The molecular formula is C61H106O12. The van der Waals surface area contributed by atoms with Gasteiger partial charge in [-0.3, -0.25) is 14.4 Å². The number of esters is 3. The van der Waals surface area contributed by atoms with E-state index in [0.717, 1.165) is 109 Å². The van der Waals surface area contributed by atoms with E-state index in [0.29, 0.717) is 19.3 Å². The number of rotatable bonds is 50. The Kier molecular flexibility index (Phi) is 45.9. The van der Waals surface area contributed by atoms with Gasteiger partial charge in [-0.1, -0.05) is 198 Å². The summed E-state index contributed by atoms with van der Waals surface area (Å²) in [5, 5.41) is 31.4. The number of carbonyl (C=O) groups is 4. The number of aliphatic carboxylic acids is 1. The third-order valence-corrected chi connectivity index (χ3v) is 13.3.